The van der Waals surface area contributed by atoms with E-state index in [1.165, 1.54) is 0 Å². The number of amides is 1. The Morgan fingerprint density at radius 2 is 1.50 bits per heavy atom. The van der Waals surface area contributed by atoms with E-state index in [0.717, 1.165) is 27.6 Å². The highest BCUT2D eigenvalue weighted by molar-refractivity contribution is 5.99. The summed E-state index contributed by atoms with van der Waals surface area (Å²) < 4.78 is 22.6. The Labute approximate surface area is 211 Å². The van der Waals surface area contributed by atoms with Crippen LogP contribution >= 0.6 is 0 Å². The number of hydrogen-bond acceptors (Lipinski definition) is 5. The molecule has 1 amide bonds. The summed E-state index contributed by atoms with van der Waals surface area (Å²) in [4.78, 5) is 15.7. The van der Waals surface area contributed by atoms with E-state index in [9.17, 15) is 4.79 Å². The zero-order chi connectivity index (χ0) is 25.1. The van der Waals surface area contributed by atoms with Gasteiger partial charge in [0, 0.05) is 12.1 Å². The van der Waals surface area contributed by atoms with Crippen LogP contribution in [0.2, 0.25) is 0 Å². The molecule has 0 radical (unpaired) electrons. The van der Waals surface area contributed by atoms with Crippen LogP contribution in [0.4, 0.5) is 0 Å². The molecule has 0 unspecified atom stereocenters. The maximum Gasteiger partial charge on any atom is 0.254 e. The predicted molar refractivity (Wildman–Crippen MR) is 139 cm³/mol. The van der Waals surface area contributed by atoms with Crippen LogP contribution in [0.3, 0.4) is 0 Å². The molecular weight excluding hydrogens is 454 g/mol. The first-order valence-corrected chi connectivity index (χ1v) is 11.9. The van der Waals surface area contributed by atoms with Crippen LogP contribution in [0.15, 0.2) is 78.9 Å². The van der Waals surface area contributed by atoms with Crippen molar-refractivity contribution in [3.05, 3.63) is 95.6 Å². The zero-order valence-electron chi connectivity index (χ0n) is 20.7. The van der Waals surface area contributed by atoms with Gasteiger partial charge < -0.3 is 23.8 Å². The van der Waals surface area contributed by atoms with Gasteiger partial charge in [-0.25, -0.2) is 0 Å². The first-order valence-electron chi connectivity index (χ1n) is 11.9. The van der Waals surface area contributed by atoms with Crippen molar-refractivity contribution in [3.8, 4) is 23.0 Å². The van der Waals surface area contributed by atoms with E-state index in [2.05, 4.69) is 0 Å². The highest BCUT2D eigenvalue weighted by Gasteiger charge is 2.33. The SMILES string of the molecule is COc1ccc(OC[C@H]2c3cc(OC)c(OC)cc3CCN2C(=O)c2ccc3ccccc3c2)cc1. The molecule has 0 saturated heterocycles. The molecule has 0 spiro atoms. The standard InChI is InChI=1S/C30H29NO5/c1-33-24-10-12-25(13-11-24)36-19-27-26-18-29(35-3)28(34-2)17-22(26)14-15-31(27)30(32)23-9-8-20-6-4-5-7-21(20)16-23/h4-13,16-18,27H,14-15,19H2,1-3H3/t27-/m0/s1. The van der Waals surface area contributed by atoms with E-state index in [0.29, 0.717) is 42.4 Å². The van der Waals surface area contributed by atoms with E-state index < -0.39 is 0 Å². The molecule has 0 fully saturated rings. The van der Waals surface area contributed by atoms with Crippen molar-refractivity contribution in [1.29, 1.82) is 0 Å². The summed E-state index contributed by atoms with van der Waals surface area (Å²) in [5, 5.41) is 2.15. The highest BCUT2D eigenvalue weighted by atomic mass is 16.5. The molecule has 36 heavy (non-hydrogen) atoms. The molecule has 0 aromatic heterocycles. The smallest absolute Gasteiger partial charge is 0.254 e. The summed E-state index contributed by atoms with van der Waals surface area (Å²) in [7, 11) is 4.88. The van der Waals surface area contributed by atoms with Gasteiger partial charge in [-0.3, -0.25) is 4.79 Å². The van der Waals surface area contributed by atoms with Gasteiger partial charge in [0.05, 0.1) is 27.4 Å². The van der Waals surface area contributed by atoms with Crippen molar-refractivity contribution >= 4 is 16.7 Å². The maximum absolute atomic E-state index is 13.8. The monoisotopic (exact) mass is 483 g/mol. The molecule has 0 saturated carbocycles. The molecule has 184 valence electrons. The number of fused-ring (bicyclic) bond motifs is 2. The third-order valence-electron chi connectivity index (χ3n) is 6.73. The van der Waals surface area contributed by atoms with Crippen molar-refractivity contribution < 1.29 is 23.7 Å². The van der Waals surface area contributed by atoms with E-state index in [4.69, 9.17) is 18.9 Å². The number of carbonyl (C=O) groups is 1. The lowest BCUT2D eigenvalue weighted by Gasteiger charge is -2.37. The number of rotatable bonds is 7. The summed E-state index contributed by atoms with van der Waals surface area (Å²) in [6.45, 7) is 0.874. The van der Waals surface area contributed by atoms with Gasteiger partial charge in [0.25, 0.3) is 5.91 Å². The quantitative estimate of drug-likeness (QED) is 0.338. The first kappa shape index (κ1) is 23.5. The van der Waals surface area contributed by atoms with Gasteiger partial charge in [-0.05, 0) is 76.9 Å². The van der Waals surface area contributed by atoms with E-state index in [1.54, 1.807) is 21.3 Å². The predicted octanol–water partition coefficient (Wildman–Crippen LogP) is 5.68. The fourth-order valence-electron chi connectivity index (χ4n) is 4.79. The van der Waals surface area contributed by atoms with E-state index in [-0.39, 0.29) is 11.9 Å². The van der Waals surface area contributed by atoms with Crippen LogP contribution in [0, 0.1) is 0 Å². The van der Waals surface area contributed by atoms with Crippen LogP contribution in [0.1, 0.15) is 27.5 Å². The fraction of sp³-hybridized carbons (Fsp3) is 0.233. The van der Waals surface area contributed by atoms with Crippen molar-refractivity contribution in [2.45, 2.75) is 12.5 Å². The van der Waals surface area contributed by atoms with Gasteiger partial charge in [0.2, 0.25) is 0 Å². The lowest BCUT2D eigenvalue weighted by Crippen LogP contribution is -2.42. The van der Waals surface area contributed by atoms with Crippen LogP contribution in [0.25, 0.3) is 10.8 Å². The molecule has 0 N–H and O–H groups in total. The van der Waals surface area contributed by atoms with Crippen molar-refractivity contribution in [3.63, 3.8) is 0 Å². The van der Waals surface area contributed by atoms with E-state index in [1.807, 2.05) is 83.8 Å². The Morgan fingerprint density at radius 1 is 0.806 bits per heavy atom. The van der Waals surface area contributed by atoms with Crippen molar-refractivity contribution in [2.75, 3.05) is 34.5 Å². The highest BCUT2D eigenvalue weighted by Crippen LogP contribution is 2.39. The Morgan fingerprint density at radius 3 is 2.22 bits per heavy atom. The van der Waals surface area contributed by atoms with Crippen molar-refractivity contribution in [1.82, 2.24) is 4.90 Å². The molecule has 0 aliphatic carbocycles. The lowest BCUT2D eigenvalue weighted by molar-refractivity contribution is 0.0589. The summed E-state index contributed by atoms with van der Waals surface area (Å²) in [5.41, 5.74) is 2.78. The number of ether oxygens (including phenoxy) is 4. The second-order valence-corrected chi connectivity index (χ2v) is 8.72. The largest absolute Gasteiger partial charge is 0.497 e. The maximum atomic E-state index is 13.8. The number of carbonyl (C=O) groups excluding carboxylic acids is 1. The molecule has 1 atom stereocenters. The van der Waals surface area contributed by atoms with E-state index >= 15 is 0 Å². The Hall–Kier alpha value is -4.19. The molecule has 1 aliphatic heterocycles. The van der Waals surface area contributed by atoms with Crippen LogP contribution < -0.4 is 18.9 Å². The fourth-order valence-corrected chi connectivity index (χ4v) is 4.79. The Kier molecular flexibility index (Phi) is 6.67. The number of nitrogens with zero attached hydrogens (tertiary/aromatic N) is 1. The molecule has 1 heterocycles. The average Bonchev–Trinajstić information content (AvgIpc) is 2.94. The molecule has 4 aromatic carbocycles. The molecule has 6 heteroatoms. The van der Waals surface area contributed by atoms with Crippen LogP contribution in [0.5, 0.6) is 23.0 Å². The molecule has 4 aromatic rings. The lowest BCUT2D eigenvalue weighted by atomic mass is 9.91. The Bertz CT molecular complexity index is 1380. The molecule has 1 aliphatic rings. The summed E-state index contributed by atoms with van der Waals surface area (Å²) >= 11 is 0. The van der Waals surface area contributed by atoms with Crippen molar-refractivity contribution in [2.24, 2.45) is 0 Å². The minimum atomic E-state index is -0.297. The second kappa shape index (κ2) is 10.2. The van der Waals surface area contributed by atoms with Crippen LogP contribution in [-0.4, -0.2) is 45.3 Å². The van der Waals surface area contributed by atoms with Gasteiger partial charge in [-0.1, -0.05) is 30.3 Å². The summed E-state index contributed by atoms with van der Waals surface area (Å²) in [6.07, 6.45) is 0.716. The number of methoxy groups -OCH3 is 3. The number of benzene rings is 4. The summed E-state index contributed by atoms with van der Waals surface area (Å²) in [5.74, 6) is 2.76. The van der Waals surface area contributed by atoms with Gasteiger partial charge in [-0.2, -0.15) is 0 Å². The Balaban J connectivity index is 1.50. The topological polar surface area (TPSA) is 57.2 Å². The minimum Gasteiger partial charge on any atom is -0.497 e. The molecule has 5 rings (SSSR count). The van der Waals surface area contributed by atoms with Gasteiger partial charge in [-0.15, -0.1) is 0 Å². The zero-order valence-corrected chi connectivity index (χ0v) is 20.7. The normalized spacial score (nSPS) is 14.8. The molecule has 0 bridgehead atoms. The summed E-state index contributed by atoms with van der Waals surface area (Å²) in [6, 6.07) is 25.0. The van der Waals surface area contributed by atoms with Gasteiger partial charge >= 0.3 is 0 Å². The molecule has 6 nitrogen and oxygen atoms in total. The third-order valence-corrected chi connectivity index (χ3v) is 6.73. The first-order chi connectivity index (χ1) is 17.6. The van der Waals surface area contributed by atoms with Crippen LogP contribution in [-0.2, 0) is 6.42 Å². The number of hydrogen-bond donors (Lipinski definition) is 0. The molecular formula is C30H29NO5. The minimum absolute atomic E-state index is 0.0236. The van der Waals surface area contributed by atoms with Gasteiger partial charge in [0.1, 0.15) is 18.1 Å². The van der Waals surface area contributed by atoms with Gasteiger partial charge in [0.15, 0.2) is 11.5 Å². The second-order valence-electron chi connectivity index (χ2n) is 8.72. The third kappa shape index (κ3) is 4.54. The average molecular weight is 484 g/mol.